The van der Waals surface area contributed by atoms with Gasteiger partial charge in [-0.2, -0.15) is 0 Å². The molecule has 0 fully saturated rings. The average Bonchev–Trinajstić information content (AvgIpc) is 2.13. The van der Waals surface area contributed by atoms with Gasteiger partial charge in [-0.3, -0.25) is 0 Å². The fourth-order valence-electron chi connectivity index (χ4n) is 1.19. The zero-order valence-corrected chi connectivity index (χ0v) is 11.2. The minimum Gasteiger partial charge on any atom is -0.384 e. The van der Waals surface area contributed by atoms with Crippen LogP contribution in [0.1, 0.15) is 6.42 Å². The summed E-state index contributed by atoms with van der Waals surface area (Å²) in [6.07, 6.45) is 1.74. The molecule has 0 heterocycles. The molecule has 0 aliphatic heterocycles. The Morgan fingerprint density at radius 3 is 2.69 bits per heavy atom. The second-order valence-corrected chi connectivity index (χ2v) is 6.65. The summed E-state index contributed by atoms with van der Waals surface area (Å²) in [7, 11) is -2.91. The minimum atomic E-state index is -2.91. The number of hydrogen-bond donors (Lipinski definition) is 1. The Hall–Kier alpha value is -0.620. The molecule has 90 valence electrons. The highest BCUT2D eigenvalue weighted by molar-refractivity contribution is 9.10. The first-order valence-electron chi connectivity index (χ1n) is 4.75. The van der Waals surface area contributed by atoms with E-state index in [2.05, 4.69) is 21.2 Å². The monoisotopic (exact) mass is 309 g/mol. The molecule has 0 unspecified atom stereocenters. The van der Waals surface area contributed by atoms with Crippen LogP contribution >= 0.6 is 15.9 Å². The molecule has 1 aromatic rings. The highest BCUT2D eigenvalue weighted by atomic mass is 79.9. The van der Waals surface area contributed by atoms with Crippen LogP contribution in [-0.2, 0) is 9.84 Å². The summed E-state index contributed by atoms with van der Waals surface area (Å²) in [6.45, 7) is 0.539. The Labute approximate surface area is 103 Å². The van der Waals surface area contributed by atoms with Crippen molar-refractivity contribution in [3.63, 3.8) is 0 Å². The minimum absolute atomic E-state index is 0.152. The fourth-order valence-corrected chi connectivity index (χ4v) is 2.35. The van der Waals surface area contributed by atoms with E-state index in [0.29, 0.717) is 17.4 Å². The molecule has 3 nitrogen and oxygen atoms in total. The first-order chi connectivity index (χ1) is 7.38. The molecule has 0 bridgehead atoms. The van der Waals surface area contributed by atoms with Crippen molar-refractivity contribution in [1.82, 2.24) is 0 Å². The molecule has 0 atom stereocenters. The van der Waals surface area contributed by atoms with Gasteiger partial charge in [0, 0.05) is 23.0 Å². The lowest BCUT2D eigenvalue weighted by molar-refractivity contribution is 0.600. The number of nitrogens with one attached hydrogen (secondary N) is 1. The van der Waals surface area contributed by atoms with Crippen molar-refractivity contribution in [2.24, 2.45) is 0 Å². The SMILES string of the molecule is CS(=O)(=O)CCCNc1ccc(F)cc1Br. The molecule has 1 N–H and O–H groups in total. The topological polar surface area (TPSA) is 46.2 Å². The van der Waals surface area contributed by atoms with Crippen molar-refractivity contribution < 1.29 is 12.8 Å². The summed E-state index contributed by atoms with van der Waals surface area (Å²) in [5, 5.41) is 3.03. The van der Waals surface area contributed by atoms with Crippen molar-refractivity contribution in [3.8, 4) is 0 Å². The average molecular weight is 310 g/mol. The highest BCUT2D eigenvalue weighted by Gasteiger charge is 2.03. The van der Waals surface area contributed by atoms with Gasteiger partial charge in [0.2, 0.25) is 0 Å². The summed E-state index contributed by atoms with van der Waals surface area (Å²) in [4.78, 5) is 0. The zero-order chi connectivity index (χ0) is 12.2. The molecule has 0 saturated heterocycles. The molecule has 0 amide bonds. The van der Waals surface area contributed by atoms with Gasteiger partial charge in [-0.1, -0.05) is 0 Å². The highest BCUT2D eigenvalue weighted by Crippen LogP contribution is 2.22. The van der Waals surface area contributed by atoms with E-state index in [0.717, 1.165) is 5.69 Å². The van der Waals surface area contributed by atoms with Crippen LogP contribution in [0.3, 0.4) is 0 Å². The van der Waals surface area contributed by atoms with Gasteiger partial charge in [-0.25, -0.2) is 12.8 Å². The van der Waals surface area contributed by atoms with E-state index in [1.54, 1.807) is 6.07 Å². The van der Waals surface area contributed by atoms with E-state index in [4.69, 9.17) is 0 Å². The molecule has 16 heavy (non-hydrogen) atoms. The number of anilines is 1. The summed E-state index contributed by atoms with van der Waals surface area (Å²) in [5.41, 5.74) is 0.759. The molecule has 1 rings (SSSR count). The number of hydrogen-bond acceptors (Lipinski definition) is 3. The third-order valence-corrected chi connectivity index (χ3v) is 3.62. The third kappa shape index (κ3) is 4.94. The van der Waals surface area contributed by atoms with Gasteiger partial charge >= 0.3 is 0 Å². The van der Waals surface area contributed by atoms with Crippen LogP contribution in [0.15, 0.2) is 22.7 Å². The third-order valence-electron chi connectivity index (χ3n) is 1.94. The Morgan fingerprint density at radius 2 is 2.12 bits per heavy atom. The summed E-state index contributed by atoms with van der Waals surface area (Å²) in [5.74, 6) is -0.160. The predicted molar refractivity (Wildman–Crippen MR) is 66.9 cm³/mol. The molecule has 0 saturated carbocycles. The summed E-state index contributed by atoms with van der Waals surface area (Å²) in [6, 6.07) is 4.32. The summed E-state index contributed by atoms with van der Waals surface area (Å²) >= 11 is 3.22. The number of sulfone groups is 1. The van der Waals surface area contributed by atoms with Crippen LogP contribution < -0.4 is 5.32 Å². The standard InChI is InChI=1S/C10H13BrFNO2S/c1-16(14,15)6-2-5-13-10-4-3-8(12)7-9(10)11/h3-4,7,13H,2,5-6H2,1H3. The second-order valence-electron chi connectivity index (χ2n) is 3.53. The molecule has 0 aliphatic carbocycles. The Kier molecular flexibility index (Phi) is 4.73. The lowest BCUT2D eigenvalue weighted by Crippen LogP contribution is -2.09. The van der Waals surface area contributed by atoms with Crippen molar-refractivity contribution in [3.05, 3.63) is 28.5 Å². The van der Waals surface area contributed by atoms with Crippen LogP contribution in [0.4, 0.5) is 10.1 Å². The lowest BCUT2D eigenvalue weighted by Gasteiger charge is -2.07. The van der Waals surface area contributed by atoms with Crippen LogP contribution in [-0.4, -0.2) is 27.0 Å². The molecule has 0 aliphatic rings. The maximum Gasteiger partial charge on any atom is 0.147 e. The quantitative estimate of drug-likeness (QED) is 0.850. The molecule has 0 radical (unpaired) electrons. The van der Waals surface area contributed by atoms with E-state index in [9.17, 15) is 12.8 Å². The van der Waals surface area contributed by atoms with E-state index in [1.807, 2.05) is 0 Å². The van der Waals surface area contributed by atoms with Crippen molar-refractivity contribution >= 4 is 31.5 Å². The van der Waals surface area contributed by atoms with Gasteiger partial charge in [0.1, 0.15) is 15.7 Å². The first-order valence-corrected chi connectivity index (χ1v) is 7.60. The molecule has 0 spiro atoms. The van der Waals surface area contributed by atoms with E-state index in [-0.39, 0.29) is 11.6 Å². The molecule has 6 heteroatoms. The Morgan fingerprint density at radius 1 is 1.44 bits per heavy atom. The largest absolute Gasteiger partial charge is 0.384 e. The van der Waals surface area contributed by atoms with E-state index < -0.39 is 9.84 Å². The van der Waals surface area contributed by atoms with Crippen molar-refractivity contribution in [2.45, 2.75) is 6.42 Å². The number of halogens is 2. The first kappa shape index (κ1) is 13.4. The maximum atomic E-state index is 12.8. The van der Waals surface area contributed by atoms with Gasteiger partial charge in [0.15, 0.2) is 0 Å². The van der Waals surface area contributed by atoms with E-state index in [1.165, 1.54) is 18.4 Å². The van der Waals surface area contributed by atoms with Gasteiger partial charge in [-0.05, 0) is 40.5 Å². The molecular formula is C10H13BrFNO2S. The second kappa shape index (κ2) is 5.63. The van der Waals surface area contributed by atoms with Gasteiger partial charge < -0.3 is 5.32 Å². The fraction of sp³-hybridized carbons (Fsp3) is 0.400. The van der Waals surface area contributed by atoms with Crippen molar-refractivity contribution in [1.29, 1.82) is 0 Å². The van der Waals surface area contributed by atoms with Crippen molar-refractivity contribution in [2.75, 3.05) is 23.9 Å². The predicted octanol–water partition coefficient (Wildman–Crippen LogP) is 2.43. The number of rotatable bonds is 5. The van der Waals surface area contributed by atoms with Crippen LogP contribution in [0.2, 0.25) is 0 Å². The zero-order valence-electron chi connectivity index (χ0n) is 8.83. The van der Waals surface area contributed by atoms with Crippen LogP contribution in [0.5, 0.6) is 0 Å². The molecule has 1 aromatic carbocycles. The van der Waals surface area contributed by atoms with Gasteiger partial charge in [-0.15, -0.1) is 0 Å². The Bertz CT molecular complexity index is 462. The molecular weight excluding hydrogens is 297 g/mol. The van der Waals surface area contributed by atoms with Gasteiger partial charge in [0.05, 0.1) is 5.75 Å². The van der Waals surface area contributed by atoms with E-state index >= 15 is 0 Å². The Balaban J connectivity index is 2.43. The summed E-state index contributed by atoms with van der Waals surface area (Å²) < 4.78 is 35.1. The molecule has 0 aromatic heterocycles. The number of benzene rings is 1. The van der Waals surface area contributed by atoms with Crippen LogP contribution in [0.25, 0.3) is 0 Å². The smallest absolute Gasteiger partial charge is 0.147 e. The van der Waals surface area contributed by atoms with Crippen LogP contribution in [0, 0.1) is 5.82 Å². The normalized spacial score (nSPS) is 11.4. The lowest BCUT2D eigenvalue weighted by atomic mass is 10.3. The van der Waals surface area contributed by atoms with Gasteiger partial charge in [0.25, 0.3) is 0 Å². The maximum absolute atomic E-state index is 12.8.